The Kier molecular flexibility index (Phi) is 5.87. The monoisotopic (exact) mass is 173 g/mol. The fraction of sp³-hybridized carbons (Fsp3) is 0.385. The lowest BCUT2D eigenvalue weighted by Gasteiger charge is -1.85. The minimum absolute atomic E-state index is 1.08. The number of rotatable bonds is 0. The van der Waals surface area contributed by atoms with Gasteiger partial charge in [0.15, 0.2) is 0 Å². The Bertz CT molecular complexity index is 192. The van der Waals surface area contributed by atoms with Crippen molar-refractivity contribution in [1.29, 1.82) is 0 Å². The van der Waals surface area contributed by atoms with E-state index >= 15 is 0 Å². The molecular formula is C13H17. The molecule has 0 amide bonds. The highest BCUT2D eigenvalue weighted by atomic mass is 13.9. The maximum atomic E-state index is 3.16. The molecule has 0 spiro atoms. The van der Waals surface area contributed by atoms with E-state index in [1.807, 2.05) is 6.08 Å². The Balaban J connectivity index is 2.38. The van der Waals surface area contributed by atoms with Gasteiger partial charge >= 0.3 is 0 Å². The molecule has 0 nitrogen and oxygen atoms in total. The van der Waals surface area contributed by atoms with E-state index in [-0.39, 0.29) is 0 Å². The Morgan fingerprint density at radius 1 is 0.692 bits per heavy atom. The fourth-order valence-corrected chi connectivity index (χ4v) is 1.18. The van der Waals surface area contributed by atoms with Crippen molar-refractivity contribution < 1.29 is 0 Å². The topological polar surface area (TPSA) is 0 Å². The zero-order chi connectivity index (χ0) is 9.19. The molecule has 1 rings (SSSR count). The van der Waals surface area contributed by atoms with Gasteiger partial charge in [0.2, 0.25) is 0 Å². The van der Waals surface area contributed by atoms with Gasteiger partial charge in [-0.1, -0.05) is 42.5 Å². The molecule has 0 aromatic heterocycles. The van der Waals surface area contributed by atoms with E-state index in [1.54, 1.807) is 0 Å². The molecule has 0 aliphatic heterocycles. The molecule has 1 aliphatic rings. The standard InChI is InChI=1S/C13H17/c1-2-4-6-8-10-12-13-11-9-7-5-3-1/h1-2,5,7-8,10,13H,3-4,6,9,11H2/b2-1+,7-5+,10-8+,13-12?. The van der Waals surface area contributed by atoms with Gasteiger partial charge in [-0.2, -0.15) is 0 Å². The summed E-state index contributed by atoms with van der Waals surface area (Å²) in [4.78, 5) is 0. The maximum absolute atomic E-state index is 3.16. The molecule has 1 radical (unpaired) electrons. The summed E-state index contributed by atoms with van der Waals surface area (Å²) in [7, 11) is 0. The Hall–Kier alpha value is -1.04. The quantitative estimate of drug-likeness (QED) is 0.486. The van der Waals surface area contributed by atoms with E-state index in [4.69, 9.17) is 0 Å². The Morgan fingerprint density at radius 3 is 2.23 bits per heavy atom. The van der Waals surface area contributed by atoms with Gasteiger partial charge in [0.25, 0.3) is 0 Å². The first-order valence-corrected chi connectivity index (χ1v) is 5.03. The van der Waals surface area contributed by atoms with Crippen LogP contribution in [-0.2, 0) is 0 Å². The summed E-state index contributed by atoms with van der Waals surface area (Å²) in [6, 6.07) is 0. The largest absolute Gasteiger partial charge is 0.0879 e. The second kappa shape index (κ2) is 7.60. The normalized spacial score (nSPS) is 28.9. The highest BCUT2D eigenvalue weighted by Gasteiger charge is 1.79. The van der Waals surface area contributed by atoms with Crippen LogP contribution in [0.4, 0.5) is 0 Å². The van der Waals surface area contributed by atoms with Gasteiger partial charge in [-0.15, -0.1) is 0 Å². The third-order valence-corrected chi connectivity index (χ3v) is 1.92. The van der Waals surface area contributed by atoms with Gasteiger partial charge < -0.3 is 0 Å². The molecule has 0 heteroatoms. The van der Waals surface area contributed by atoms with Crippen LogP contribution >= 0.6 is 0 Å². The third-order valence-electron chi connectivity index (χ3n) is 1.92. The molecule has 0 unspecified atom stereocenters. The molecule has 1 aliphatic carbocycles. The molecule has 0 heterocycles. The zero-order valence-corrected chi connectivity index (χ0v) is 8.08. The lowest BCUT2D eigenvalue weighted by molar-refractivity contribution is 1.04. The minimum Gasteiger partial charge on any atom is -0.0879 e. The molecule has 0 saturated heterocycles. The van der Waals surface area contributed by atoms with Gasteiger partial charge in [-0.05, 0) is 38.2 Å². The fourth-order valence-electron chi connectivity index (χ4n) is 1.18. The number of hydrogen-bond donors (Lipinski definition) is 0. The van der Waals surface area contributed by atoms with Crippen LogP contribution in [-0.4, -0.2) is 0 Å². The molecule has 0 bridgehead atoms. The van der Waals surface area contributed by atoms with Crippen LogP contribution in [0.1, 0.15) is 32.1 Å². The molecule has 0 saturated carbocycles. The summed E-state index contributed by atoms with van der Waals surface area (Å²) in [5.74, 6) is 0. The molecule has 0 atom stereocenters. The maximum Gasteiger partial charge on any atom is -0.0169 e. The van der Waals surface area contributed by atoms with Gasteiger partial charge in [0, 0.05) is 0 Å². The van der Waals surface area contributed by atoms with E-state index in [2.05, 4.69) is 42.5 Å². The molecule has 0 aromatic rings. The predicted octanol–water partition coefficient (Wildman–Crippen LogP) is 3.98. The molecular weight excluding hydrogens is 156 g/mol. The average Bonchev–Trinajstić information content (AvgIpc) is 2.18. The first-order chi connectivity index (χ1) is 6.50. The van der Waals surface area contributed by atoms with Crippen LogP contribution in [0.25, 0.3) is 0 Å². The van der Waals surface area contributed by atoms with Crippen molar-refractivity contribution in [1.82, 2.24) is 0 Å². The second-order valence-corrected chi connectivity index (χ2v) is 3.11. The number of hydrogen-bond acceptors (Lipinski definition) is 0. The van der Waals surface area contributed by atoms with Gasteiger partial charge in [-0.25, -0.2) is 0 Å². The van der Waals surface area contributed by atoms with Crippen LogP contribution < -0.4 is 0 Å². The first-order valence-electron chi connectivity index (χ1n) is 5.03. The predicted molar refractivity (Wildman–Crippen MR) is 58.3 cm³/mol. The molecule has 0 fully saturated rings. The third kappa shape index (κ3) is 6.15. The average molecular weight is 173 g/mol. The Morgan fingerprint density at radius 2 is 1.38 bits per heavy atom. The Labute approximate surface area is 81.4 Å². The number of allylic oxidation sites excluding steroid dienone is 8. The summed E-state index contributed by atoms with van der Waals surface area (Å²) in [5.41, 5.74) is 0. The zero-order valence-electron chi connectivity index (χ0n) is 8.08. The van der Waals surface area contributed by atoms with Crippen molar-refractivity contribution in [3.63, 3.8) is 0 Å². The lowest BCUT2D eigenvalue weighted by Crippen LogP contribution is -1.64. The van der Waals surface area contributed by atoms with Crippen molar-refractivity contribution >= 4 is 0 Å². The van der Waals surface area contributed by atoms with Crippen molar-refractivity contribution in [2.75, 3.05) is 0 Å². The van der Waals surface area contributed by atoms with E-state index in [0.717, 1.165) is 32.1 Å². The van der Waals surface area contributed by atoms with Gasteiger partial charge in [0.05, 0.1) is 0 Å². The van der Waals surface area contributed by atoms with Crippen LogP contribution in [0, 0.1) is 6.08 Å². The van der Waals surface area contributed by atoms with Crippen LogP contribution in [0.3, 0.4) is 0 Å². The van der Waals surface area contributed by atoms with Crippen molar-refractivity contribution in [2.45, 2.75) is 32.1 Å². The molecule has 0 N–H and O–H groups in total. The van der Waals surface area contributed by atoms with Gasteiger partial charge in [-0.3, -0.25) is 0 Å². The van der Waals surface area contributed by atoms with Crippen molar-refractivity contribution in [2.24, 2.45) is 0 Å². The molecule has 69 valence electrons. The molecule has 13 heavy (non-hydrogen) atoms. The van der Waals surface area contributed by atoms with Crippen LogP contribution in [0.15, 0.2) is 42.5 Å². The van der Waals surface area contributed by atoms with Gasteiger partial charge in [0.1, 0.15) is 0 Å². The second-order valence-electron chi connectivity index (χ2n) is 3.11. The van der Waals surface area contributed by atoms with Crippen LogP contribution in [0.2, 0.25) is 0 Å². The summed E-state index contributed by atoms with van der Waals surface area (Å²) in [6.45, 7) is 0. The minimum atomic E-state index is 1.08. The summed E-state index contributed by atoms with van der Waals surface area (Å²) in [6.07, 6.45) is 24.0. The highest BCUT2D eigenvalue weighted by Crippen LogP contribution is 1.99. The van der Waals surface area contributed by atoms with Crippen molar-refractivity contribution in [3.05, 3.63) is 48.6 Å². The SMILES string of the molecule is [C]1=C/CC/C=C/C/C=C/CC/C=C/1. The van der Waals surface area contributed by atoms with Crippen molar-refractivity contribution in [3.8, 4) is 0 Å². The van der Waals surface area contributed by atoms with E-state index in [0.29, 0.717) is 0 Å². The smallest absolute Gasteiger partial charge is 0.0169 e. The van der Waals surface area contributed by atoms with Crippen LogP contribution in [0.5, 0.6) is 0 Å². The lowest BCUT2D eigenvalue weighted by atomic mass is 10.2. The summed E-state index contributed by atoms with van der Waals surface area (Å²) in [5, 5.41) is 0. The van der Waals surface area contributed by atoms with E-state index < -0.39 is 0 Å². The van der Waals surface area contributed by atoms with E-state index in [9.17, 15) is 0 Å². The molecule has 0 aromatic carbocycles. The summed E-state index contributed by atoms with van der Waals surface area (Å²) >= 11 is 0. The highest BCUT2D eigenvalue weighted by molar-refractivity contribution is 4.99. The van der Waals surface area contributed by atoms with E-state index in [1.165, 1.54) is 0 Å². The first kappa shape index (κ1) is 10.0. The summed E-state index contributed by atoms with van der Waals surface area (Å²) < 4.78 is 0.